The van der Waals surface area contributed by atoms with E-state index in [9.17, 15) is 4.39 Å². The van der Waals surface area contributed by atoms with Crippen LogP contribution in [0.1, 0.15) is 12.8 Å². The Morgan fingerprint density at radius 3 is 2.67 bits per heavy atom. The molecule has 0 unspecified atom stereocenters. The monoisotopic (exact) mass is 287 g/mol. The summed E-state index contributed by atoms with van der Waals surface area (Å²) in [6, 6.07) is 10.1. The van der Waals surface area contributed by atoms with Crippen molar-refractivity contribution in [2.24, 2.45) is 0 Å². The first kappa shape index (κ1) is 13.7. The quantitative estimate of drug-likeness (QED) is 0.943. The van der Waals surface area contributed by atoms with Gasteiger partial charge in [0, 0.05) is 32.0 Å². The van der Waals surface area contributed by atoms with Gasteiger partial charge in [-0.25, -0.2) is 9.37 Å². The fourth-order valence-electron chi connectivity index (χ4n) is 2.52. The Morgan fingerprint density at radius 2 is 2.00 bits per heavy atom. The van der Waals surface area contributed by atoms with Gasteiger partial charge < -0.3 is 15.4 Å². The lowest BCUT2D eigenvalue weighted by atomic mass is 10.1. The number of benzene rings is 1. The first-order valence-electron chi connectivity index (χ1n) is 7.09. The number of halogens is 1. The van der Waals surface area contributed by atoms with Crippen molar-refractivity contribution >= 4 is 11.5 Å². The smallest absolute Gasteiger partial charge is 0.128 e. The minimum atomic E-state index is -0.268. The molecule has 0 spiro atoms. The van der Waals surface area contributed by atoms with Gasteiger partial charge >= 0.3 is 0 Å². The predicted octanol–water partition coefficient (Wildman–Crippen LogP) is 2.85. The van der Waals surface area contributed by atoms with E-state index in [4.69, 9.17) is 10.5 Å². The summed E-state index contributed by atoms with van der Waals surface area (Å²) in [4.78, 5) is 6.55. The van der Waals surface area contributed by atoms with Crippen molar-refractivity contribution in [2.75, 3.05) is 23.7 Å². The third-order valence-corrected chi connectivity index (χ3v) is 3.64. The molecule has 2 heterocycles. The Kier molecular flexibility index (Phi) is 3.90. The molecule has 110 valence electrons. The van der Waals surface area contributed by atoms with Crippen molar-refractivity contribution in [3.05, 3.63) is 48.4 Å². The van der Waals surface area contributed by atoms with Gasteiger partial charge in [0.25, 0.3) is 0 Å². The van der Waals surface area contributed by atoms with E-state index in [-0.39, 0.29) is 11.9 Å². The molecule has 4 nitrogen and oxygen atoms in total. The van der Waals surface area contributed by atoms with Crippen LogP contribution in [0.15, 0.2) is 42.6 Å². The van der Waals surface area contributed by atoms with E-state index in [0.717, 1.165) is 31.7 Å². The lowest BCUT2D eigenvalue weighted by Gasteiger charge is -2.33. The van der Waals surface area contributed by atoms with E-state index in [2.05, 4.69) is 9.88 Å². The standard InChI is InChI=1S/C16H18FN3O/c17-12-2-1-3-15(10-12)21-14-6-8-20(9-7-14)16-5-4-13(18)11-19-16/h1-5,10-11,14H,6-9,18H2. The molecule has 1 saturated heterocycles. The first-order valence-corrected chi connectivity index (χ1v) is 7.09. The number of pyridine rings is 1. The molecule has 0 aliphatic carbocycles. The minimum Gasteiger partial charge on any atom is -0.490 e. The van der Waals surface area contributed by atoms with E-state index in [0.29, 0.717) is 11.4 Å². The summed E-state index contributed by atoms with van der Waals surface area (Å²) in [5, 5.41) is 0. The number of anilines is 2. The summed E-state index contributed by atoms with van der Waals surface area (Å²) in [5.41, 5.74) is 6.31. The summed E-state index contributed by atoms with van der Waals surface area (Å²) < 4.78 is 19.0. The zero-order valence-electron chi connectivity index (χ0n) is 11.7. The zero-order chi connectivity index (χ0) is 14.7. The van der Waals surface area contributed by atoms with Crippen LogP contribution < -0.4 is 15.4 Å². The predicted molar refractivity (Wildman–Crippen MR) is 80.9 cm³/mol. The van der Waals surface area contributed by atoms with E-state index in [1.807, 2.05) is 12.1 Å². The number of hydrogen-bond acceptors (Lipinski definition) is 4. The van der Waals surface area contributed by atoms with Crippen molar-refractivity contribution in [3.63, 3.8) is 0 Å². The molecular weight excluding hydrogens is 269 g/mol. The molecule has 1 fully saturated rings. The number of piperidine rings is 1. The maximum atomic E-state index is 13.1. The molecule has 1 aromatic carbocycles. The zero-order valence-corrected chi connectivity index (χ0v) is 11.7. The average Bonchev–Trinajstić information content (AvgIpc) is 2.49. The third kappa shape index (κ3) is 3.42. The summed E-state index contributed by atoms with van der Waals surface area (Å²) >= 11 is 0. The molecule has 2 N–H and O–H groups in total. The lowest BCUT2D eigenvalue weighted by molar-refractivity contribution is 0.170. The third-order valence-electron chi connectivity index (χ3n) is 3.64. The number of aromatic nitrogens is 1. The van der Waals surface area contributed by atoms with Gasteiger partial charge in [-0.05, 0) is 24.3 Å². The number of rotatable bonds is 3. The average molecular weight is 287 g/mol. The van der Waals surface area contributed by atoms with Crippen LogP contribution in [0.5, 0.6) is 5.75 Å². The molecule has 0 amide bonds. The van der Waals surface area contributed by atoms with E-state index in [1.165, 1.54) is 12.1 Å². The van der Waals surface area contributed by atoms with Gasteiger partial charge in [-0.3, -0.25) is 0 Å². The van der Waals surface area contributed by atoms with Crippen LogP contribution in [-0.4, -0.2) is 24.2 Å². The molecule has 2 aromatic rings. The second-order valence-corrected chi connectivity index (χ2v) is 5.21. The van der Waals surface area contributed by atoms with Gasteiger partial charge in [0.2, 0.25) is 0 Å². The largest absolute Gasteiger partial charge is 0.490 e. The fourth-order valence-corrected chi connectivity index (χ4v) is 2.52. The molecule has 0 atom stereocenters. The maximum Gasteiger partial charge on any atom is 0.128 e. The summed E-state index contributed by atoms with van der Waals surface area (Å²) in [6.07, 6.45) is 3.58. The highest BCUT2D eigenvalue weighted by atomic mass is 19.1. The Hall–Kier alpha value is -2.30. The first-order chi connectivity index (χ1) is 10.2. The van der Waals surface area contributed by atoms with Gasteiger partial charge in [0.15, 0.2) is 0 Å². The van der Waals surface area contributed by atoms with Crippen LogP contribution in [0.4, 0.5) is 15.9 Å². The Morgan fingerprint density at radius 1 is 1.19 bits per heavy atom. The minimum absolute atomic E-state index is 0.122. The molecule has 21 heavy (non-hydrogen) atoms. The van der Waals surface area contributed by atoms with Crippen molar-refractivity contribution in [2.45, 2.75) is 18.9 Å². The molecule has 1 aromatic heterocycles. The number of ether oxygens (including phenoxy) is 1. The van der Waals surface area contributed by atoms with E-state index < -0.39 is 0 Å². The molecule has 0 radical (unpaired) electrons. The number of nitrogens with two attached hydrogens (primary N) is 1. The van der Waals surface area contributed by atoms with E-state index >= 15 is 0 Å². The highest BCUT2D eigenvalue weighted by Gasteiger charge is 2.21. The molecular formula is C16H18FN3O. The number of nitrogen functional groups attached to an aromatic ring is 1. The van der Waals surface area contributed by atoms with Crippen LogP contribution >= 0.6 is 0 Å². The molecule has 0 saturated carbocycles. The summed E-state index contributed by atoms with van der Waals surface area (Å²) in [6.45, 7) is 1.74. The Bertz CT molecular complexity index is 595. The SMILES string of the molecule is Nc1ccc(N2CCC(Oc3cccc(F)c3)CC2)nc1. The van der Waals surface area contributed by atoms with Crippen LogP contribution in [-0.2, 0) is 0 Å². The van der Waals surface area contributed by atoms with E-state index in [1.54, 1.807) is 18.3 Å². The van der Waals surface area contributed by atoms with Crippen LogP contribution in [0, 0.1) is 5.82 Å². The second kappa shape index (κ2) is 5.99. The summed E-state index contributed by atoms with van der Waals surface area (Å²) in [5.74, 6) is 1.27. The molecule has 5 heteroatoms. The topological polar surface area (TPSA) is 51.4 Å². The lowest BCUT2D eigenvalue weighted by Crippen LogP contribution is -2.38. The summed E-state index contributed by atoms with van der Waals surface area (Å²) in [7, 11) is 0. The Labute approximate surface area is 123 Å². The number of hydrogen-bond donors (Lipinski definition) is 1. The molecule has 1 aliphatic rings. The van der Waals surface area contributed by atoms with Crippen LogP contribution in [0.2, 0.25) is 0 Å². The fraction of sp³-hybridized carbons (Fsp3) is 0.312. The number of nitrogens with zero attached hydrogens (tertiary/aromatic N) is 2. The van der Waals surface area contributed by atoms with Gasteiger partial charge in [-0.15, -0.1) is 0 Å². The van der Waals surface area contributed by atoms with Gasteiger partial charge in [-0.1, -0.05) is 6.07 Å². The van der Waals surface area contributed by atoms with Gasteiger partial charge in [0.1, 0.15) is 23.5 Å². The highest BCUT2D eigenvalue weighted by Crippen LogP contribution is 2.22. The van der Waals surface area contributed by atoms with Crippen LogP contribution in [0.3, 0.4) is 0 Å². The molecule has 3 rings (SSSR count). The second-order valence-electron chi connectivity index (χ2n) is 5.21. The van der Waals surface area contributed by atoms with Crippen molar-refractivity contribution in [3.8, 4) is 5.75 Å². The Balaban J connectivity index is 1.56. The maximum absolute atomic E-state index is 13.1. The molecule has 0 bridgehead atoms. The van der Waals surface area contributed by atoms with Gasteiger partial charge in [0.05, 0.1) is 11.9 Å². The van der Waals surface area contributed by atoms with Crippen molar-refractivity contribution in [1.82, 2.24) is 4.98 Å². The van der Waals surface area contributed by atoms with Crippen molar-refractivity contribution < 1.29 is 9.13 Å². The highest BCUT2D eigenvalue weighted by molar-refractivity contribution is 5.46. The van der Waals surface area contributed by atoms with Gasteiger partial charge in [-0.2, -0.15) is 0 Å². The molecule has 1 aliphatic heterocycles. The normalized spacial score (nSPS) is 16.0. The van der Waals surface area contributed by atoms with Crippen LogP contribution in [0.25, 0.3) is 0 Å². The van der Waals surface area contributed by atoms with Crippen molar-refractivity contribution in [1.29, 1.82) is 0 Å².